The van der Waals surface area contributed by atoms with Gasteiger partial charge in [-0.25, -0.2) is 9.78 Å². The summed E-state index contributed by atoms with van der Waals surface area (Å²) in [5.41, 5.74) is 0.447. The maximum atomic E-state index is 12.5. The Hall–Kier alpha value is -1.95. The normalized spacial score (nSPS) is 17.7. The fraction of sp³-hybridized carbons (Fsp3) is 0.533. The summed E-state index contributed by atoms with van der Waals surface area (Å²) in [5, 5.41) is 3.17. The van der Waals surface area contributed by atoms with E-state index >= 15 is 0 Å². The van der Waals surface area contributed by atoms with Crippen LogP contribution in [0.2, 0.25) is 0 Å². The number of piperazine rings is 1. The molecule has 0 spiro atoms. The molecule has 0 aromatic carbocycles. The van der Waals surface area contributed by atoms with Gasteiger partial charge in [-0.2, -0.15) is 0 Å². The SMILES string of the molecule is CCOC(=O)c1ccc(C)c(N2CCNC(C)(C)C2=O)n1. The first-order chi connectivity index (χ1) is 9.86. The standard InChI is InChI=1S/C15H21N3O3/c1-5-21-13(19)11-7-6-10(2)12(17-11)18-9-8-16-15(3,4)14(18)20/h6-7,16H,5,8-9H2,1-4H3. The number of carbonyl (C=O) groups is 2. The Labute approximate surface area is 124 Å². The van der Waals surface area contributed by atoms with Crippen LogP contribution in [-0.2, 0) is 9.53 Å². The molecule has 114 valence electrons. The van der Waals surface area contributed by atoms with E-state index in [9.17, 15) is 9.59 Å². The van der Waals surface area contributed by atoms with Gasteiger partial charge in [0.25, 0.3) is 0 Å². The monoisotopic (exact) mass is 291 g/mol. The van der Waals surface area contributed by atoms with Crippen LogP contribution in [-0.4, -0.2) is 42.1 Å². The van der Waals surface area contributed by atoms with Crippen molar-refractivity contribution >= 4 is 17.7 Å². The minimum absolute atomic E-state index is 0.0506. The molecule has 0 radical (unpaired) electrons. The summed E-state index contributed by atoms with van der Waals surface area (Å²) in [7, 11) is 0. The smallest absolute Gasteiger partial charge is 0.356 e. The minimum Gasteiger partial charge on any atom is -0.461 e. The molecular formula is C15H21N3O3. The molecule has 1 amide bonds. The van der Waals surface area contributed by atoms with E-state index in [0.29, 0.717) is 25.5 Å². The zero-order valence-corrected chi connectivity index (χ0v) is 12.9. The topological polar surface area (TPSA) is 71.5 Å². The molecule has 0 atom stereocenters. The van der Waals surface area contributed by atoms with E-state index < -0.39 is 11.5 Å². The Balaban J connectivity index is 2.36. The van der Waals surface area contributed by atoms with Crippen LogP contribution in [0.5, 0.6) is 0 Å². The van der Waals surface area contributed by atoms with Gasteiger partial charge in [-0.05, 0) is 39.3 Å². The number of pyridine rings is 1. The van der Waals surface area contributed by atoms with E-state index in [2.05, 4.69) is 10.3 Å². The number of nitrogens with zero attached hydrogens (tertiary/aromatic N) is 2. The van der Waals surface area contributed by atoms with Crippen molar-refractivity contribution in [2.45, 2.75) is 33.2 Å². The van der Waals surface area contributed by atoms with Gasteiger partial charge in [0.05, 0.1) is 12.1 Å². The number of rotatable bonds is 3. The summed E-state index contributed by atoms with van der Waals surface area (Å²) in [6.07, 6.45) is 0. The van der Waals surface area contributed by atoms with Gasteiger partial charge in [-0.15, -0.1) is 0 Å². The summed E-state index contributed by atoms with van der Waals surface area (Å²) < 4.78 is 4.96. The Morgan fingerprint density at radius 3 is 2.86 bits per heavy atom. The summed E-state index contributed by atoms with van der Waals surface area (Å²) in [4.78, 5) is 30.3. The molecule has 2 heterocycles. The van der Waals surface area contributed by atoms with E-state index in [-0.39, 0.29) is 11.6 Å². The third-order valence-corrected chi connectivity index (χ3v) is 3.49. The van der Waals surface area contributed by atoms with Gasteiger partial charge in [0.15, 0.2) is 5.69 Å². The Morgan fingerprint density at radius 2 is 2.19 bits per heavy atom. The van der Waals surface area contributed by atoms with Gasteiger partial charge in [-0.3, -0.25) is 9.69 Å². The highest BCUT2D eigenvalue weighted by Crippen LogP contribution is 2.23. The van der Waals surface area contributed by atoms with Crippen LogP contribution < -0.4 is 10.2 Å². The fourth-order valence-electron chi connectivity index (χ4n) is 2.31. The Kier molecular flexibility index (Phi) is 4.27. The lowest BCUT2D eigenvalue weighted by atomic mass is 10.0. The average Bonchev–Trinajstić information content (AvgIpc) is 2.43. The Bertz CT molecular complexity index is 569. The minimum atomic E-state index is -0.633. The molecule has 1 aromatic rings. The molecule has 6 heteroatoms. The maximum Gasteiger partial charge on any atom is 0.356 e. The summed E-state index contributed by atoms with van der Waals surface area (Å²) >= 11 is 0. The number of nitrogens with one attached hydrogen (secondary N) is 1. The molecule has 21 heavy (non-hydrogen) atoms. The zero-order chi connectivity index (χ0) is 15.6. The third-order valence-electron chi connectivity index (χ3n) is 3.49. The molecule has 1 fully saturated rings. The summed E-state index contributed by atoms with van der Waals surface area (Å²) in [6, 6.07) is 3.41. The highest BCUT2D eigenvalue weighted by Gasteiger charge is 2.37. The third kappa shape index (κ3) is 3.05. The van der Waals surface area contributed by atoms with Crippen LogP contribution in [0.1, 0.15) is 36.8 Å². The Morgan fingerprint density at radius 1 is 1.48 bits per heavy atom. The second-order valence-corrected chi connectivity index (χ2v) is 5.57. The van der Waals surface area contributed by atoms with Crippen LogP contribution >= 0.6 is 0 Å². The highest BCUT2D eigenvalue weighted by atomic mass is 16.5. The number of anilines is 1. The summed E-state index contributed by atoms with van der Waals surface area (Å²) in [6.45, 7) is 8.81. The molecule has 2 rings (SSSR count). The van der Waals surface area contributed by atoms with E-state index in [0.717, 1.165) is 5.56 Å². The molecule has 0 saturated carbocycles. The maximum absolute atomic E-state index is 12.5. The van der Waals surface area contributed by atoms with Gasteiger partial charge in [-0.1, -0.05) is 6.07 Å². The molecule has 1 aliphatic rings. The number of ether oxygens (including phenoxy) is 1. The highest BCUT2D eigenvalue weighted by molar-refractivity contribution is 6.00. The average molecular weight is 291 g/mol. The van der Waals surface area contributed by atoms with E-state index in [1.165, 1.54) is 0 Å². The first-order valence-electron chi connectivity index (χ1n) is 7.08. The second kappa shape index (κ2) is 5.81. The lowest BCUT2D eigenvalue weighted by Gasteiger charge is -2.38. The molecule has 1 aromatic heterocycles. The molecule has 0 unspecified atom stereocenters. The number of carbonyl (C=O) groups excluding carboxylic acids is 2. The fourth-order valence-corrected chi connectivity index (χ4v) is 2.31. The lowest BCUT2D eigenvalue weighted by Crippen LogP contribution is -2.61. The number of aryl methyl sites for hydroxylation is 1. The van der Waals surface area contributed by atoms with Gasteiger partial charge < -0.3 is 10.1 Å². The van der Waals surface area contributed by atoms with Crippen molar-refractivity contribution in [3.63, 3.8) is 0 Å². The predicted molar refractivity (Wildman–Crippen MR) is 79.4 cm³/mol. The molecule has 1 aliphatic heterocycles. The molecule has 1 saturated heterocycles. The first kappa shape index (κ1) is 15.4. The molecule has 6 nitrogen and oxygen atoms in total. The van der Waals surface area contributed by atoms with Crippen molar-refractivity contribution in [2.24, 2.45) is 0 Å². The molecular weight excluding hydrogens is 270 g/mol. The zero-order valence-electron chi connectivity index (χ0n) is 12.9. The van der Waals surface area contributed by atoms with Crippen LogP contribution in [0.25, 0.3) is 0 Å². The number of esters is 1. The van der Waals surface area contributed by atoms with Crippen molar-refractivity contribution in [1.29, 1.82) is 0 Å². The van der Waals surface area contributed by atoms with Crippen LogP contribution in [0, 0.1) is 6.92 Å². The quantitative estimate of drug-likeness (QED) is 0.849. The van der Waals surface area contributed by atoms with Crippen molar-refractivity contribution in [2.75, 3.05) is 24.6 Å². The number of hydrogen-bond acceptors (Lipinski definition) is 5. The molecule has 0 aliphatic carbocycles. The van der Waals surface area contributed by atoms with E-state index in [1.807, 2.05) is 20.8 Å². The van der Waals surface area contributed by atoms with Gasteiger partial charge in [0.2, 0.25) is 5.91 Å². The van der Waals surface area contributed by atoms with Crippen molar-refractivity contribution in [1.82, 2.24) is 10.3 Å². The number of aromatic nitrogens is 1. The van der Waals surface area contributed by atoms with Crippen LogP contribution in [0.4, 0.5) is 5.82 Å². The van der Waals surface area contributed by atoms with E-state index in [4.69, 9.17) is 4.74 Å². The largest absolute Gasteiger partial charge is 0.461 e. The van der Waals surface area contributed by atoms with Gasteiger partial charge >= 0.3 is 5.97 Å². The lowest BCUT2D eigenvalue weighted by molar-refractivity contribution is -0.125. The van der Waals surface area contributed by atoms with Gasteiger partial charge in [0.1, 0.15) is 5.82 Å². The van der Waals surface area contributed by atoms with E-state index in [1.54, 1.807) is 24.0 Å². The number of hydrogen-bond donors (Lipinski definition) is 1. The van der Waals surface area contributed by atoms with Gasteiger partial charge in [0, 0.05) is 13.1 Å². The number of amides is 1. The predicted octanol–water partition coefficient (Wildman–Crippen LogP) is 1.28. The summed E-state index contributed by atoms with van der Waals surface area (Å²) in [5.74, 6) is 0.00563. The molecule has 0 bridgehead atoms. The van der Waals surface area contributed by atoms with Crippen molar-refractivity contribution < 1.29 is 14.3 Å². The van der Waals surface area contributed by atoms with Crippen molar-refractivity contribution in [3.05, 3.63) is 23.4 Å². The molecule has 1 N–H and O–H groups in total. The first-order valence-corrected chi connectivity index (χ1v) is 7.08. The van der Waals surface area contributed by atoms with Crippen LogP contribution in [0.3, 0.4) is 0 Å². The second-order valence-electron chi connectivity index (χ2n) is 5.57. The van der Waals surface area contributed by atoms with Crippen molar-refractivity contribution in [3.8, 4) is 0 Å². The van der Waals surface area contributed by atoms with Crippen LogP contribution in [0.15, 0.2) is 12.1 Å².